The summed E-state index contributed by atoms with van der Waals surface area (Å²) in [6.45, 7) is 4.07. The number of ketones is 1. The maximum Gasteiger partial charge on any atom is 0.213 e. The Labute approximate surface area is 121 Å². The molecule has 0 atom stereocenters. The van der Waals surface area contributed by atoms with Crippen molar-refractivity contribution < 1.29 is 4.79 Å². The largest absolute Gasteiger partial charge is 0.399 e. The van der Waals surface area contributed by atoms with Gasteiger partial charge >= 0.3 is 0 Å². The SMILES string of the molecule is CC(C)n1cc(C(=O)c2cc(N)ccn2)c2cncnc21. The maximum absolute atomic E-state index is 12.7. The van der Waals surface area contributed by atoms with Gasteiger partial charge in [0.2, 0.25) is 5.78 Å². The molecule has 3 aromatic rings. The Kier molecular flexibility index (Phi) is 3.13. The third kappa shape index (κ3) is 2.24. The molecular formula is C15H15N5O. The number of hydrogen-bond acceptors (Lipinski definition) is 5. The zero-order valence-corrected chi connectivity index (χ0v) is 11.8. The van der Waals surface area contributed by atoms with Gasteiger partial charge in [-0.05, 0) is 26.0 Å². The number of nitrogens with two attached hydrogens (primary N) is 1. The van der Waals surface area contributed by atoms with E-state index < -0.39 is 0 Å². The third-order valence-corrected chi connectivity index (χ3v) is 3.31. The molecule has 0 aliphatic carbocycles. The predicted molar refractivity (Wildman–Crippen MR) is 80.0 cm³/mol. The van der Waals surface area contributed by atoms with Crippen LogP contribution >= 0.6 is 0 Å². The van der Waals surface area contributed by atoms with Crippen LogP contribution in [0.25, 0.3) is 11.0 Å². The number of nitrogen functional groups attached to an aromatic ring is 1. The first-order valence-electron chi connectivity index (χ1n) is 6.64. The molecule has 0 fully saturated rings. The molecule has 0 radical (unpaired) electrons. The van der Waals surface area contributed by atoms with Gasteiger partial charge in [-0.2, -0.15) is 0 Å². The fraction of sp³-hybridized carbons (Fsp3) is 0.200. The molecule has 0 aromatic carbocycles. The minimum atomic E-state index is -0.179. The van der Waals surface area contributed by atoms with Crippen molar-refractivity contribution in [1.29, 1.82) is 0 Å². The second kappa shape index (κ2) is 4.97. The summed E-state index contributed by atoms with van der Waals surface area (Å²) in [5.74, 6) is -0.179. The van der Waals surface area contributed by atoms with E-state index in [4.69, 9.17) is 5.73 Å². The monoisotopic (exact) mass is 281 g/mol. The topological polar surface area (TPSA) is 86.7 Å². The number of pyridine rings is 1. The second-order valence-corrected chi connectivity index (χ2v) is 5.11. The van der Waals surface area contributed by atoms with E-state index in [0.29, 0.717) is 16.9 Å². The van der Waals surface area contributed by atoms with Crippen LogP contribution in [0.5, 0.6) is 0 Å². The average molecular weight is 281 g/mol. The van der Waals surface area contributed by atoms with Gasteiger partial charge in [-0.15, -0.1) is 0 Å². The van der Waals surface area contributed by atoms with E-state index in [-0.39, 0.29) is 11.8 Å². The van der Waals surface area contributed by atoms with E-state index in [1.54, 1.807) is 24.5 Å². The fourth-order valence-electron chi connectivity index (χ4n) is 2.27. The van der Waals surface area contributed by atoms with Crippen LogP contribution in [0.15, 0.2) is 37.1 Å². The normalized spacial score (nSPS) is 11.2. The van der Waals surface area contributed by atoms with Crippen LogP contribution in [0.4, 0.5) is 5.69 Å². The zero-order valence-electron chi connectivity index (χ0n) is 11.8. The van der Waals surface area contributed by atoms with Gasteiger partial charge in [0.05, 0.1) is 5.56 Å². The Morgan fingerprint density at radius 2 is 2.14 bits per heavy atom. The molecule has 0 bridgehead atoms. The minimum Gasteiger partial charge on any atom is -0.399 e. The molecule has 106 valence electrons. The molecule has 0 aliphatic rings. The summed E-state index contributed by atoms with van der Waals surface area (Å²) in [7, 11) is 0. The summed E-state index contributed by atoms with van der Waals surface area (Å²) in [5.41, 5.74) is 7.83. The van der Waals surface area contributed by atoms with Gasteiger partial charge in [0.25, 0.3) is 0 Å². The van der Waals surface area contributed by atoms with E-state index in [9.17, 15) is 4.79 Å². The first kappa shape index (κ1) is 13.2. The molecule has 0 saturated heterocycles. The van der Waals surface area contributed by atoms with Gasteiger partial charge in [0, 0.05) is 35.7 Å². The summed E-state index contributed by atoms with van der Waals surface area (Å²) >= 11 is 0. The number of carbonyl (C=O) groups excluding carboxylic acids is 1. The molecule has 0 saturated carbocycles. The lowest BCUT2D eigenvalue weighted by Gasteiger charge is -2.07. The fourth-order valence-corrected chi connectivity index (χ4v) is 2.27. The van der Waals surface area contributed by atoms with Crippen LogP contribution in [-0.2, 0) is 0 Å². The molecule has 3 aromatic heterocycles. The predicted octanol–water partition coefficient (Wildman–Crippen LogP) is 2.22. The Morgan fingerprint density at radius 1 is 1.33 bits per heavy atom. The zero-order chi connectivity index (χ0) is 15.0. The number of hydrogen-bond donors (Lipinski definition) is 1. The molecule has 3 heterocycles. The minimum absolute atomic E-state index is 0.179. The van der Waals surface area contributed by atoms with Gasteiger partial charge < -0.3 is 10.3 Å². The van der Waals surface area contributed by atoms with Gasteiger partial charge in [-0.3, -0.25) is 9.78 Å². The van der Waals surface area contributed by atoms with E-state index in [2.05, 4.69) is 15.0 Å². The second-order valence-electron chi connectivity index (χ2n) is 5.11. The van der Waals surface area contributed by atoms with E-state index in [1.165, 1.54) is 12.5 Å². The molecule has 0 spiro atoms. The highest BCUT2D eigenvalue weighted by Gasteiger charge is 2.19. The van der Waals surface area contributed by atoms with Crippen LogP contribution in [-0.4, -0.2) is 25.3 Å². The number of nitrogens with zero attached hydrogens (tertiary/aromatic N) is 4. The quantitative estimate of drug-likeness (QED) is 0.744. The number of anilines is 1. The van der Waals surface area contributed by atoms with Crippen LogP contribution in [0.2, 0.25) is 0 Å². The van der Waals surface area contributed by atoms with Crippen LogP contribution in [0.1, 0.15) is 35.9 Å². The van der Waals surface area contributed by atoms with Crippen molar-refractivity contribution in [2.45, 2.75) is 19.9 Å². The van der Waals surface area contributed by atoms with Crippen molar-refractivity contribution in [1.82, 2.24) is 19.5 Å². The van der Waals surface area contributed by atoms with E-state index >= 15 is 0 Å². The molecule has 0 aliphatic heterocycles. The summed E-state index contributed by atoms with van der Waals surface area (Å²) in [4.78, 5) is 25.0. The Balaban J connectivity index is 2.19. The summed E-state index contributed by atoms with van der Waals surface area (Å²) in [6.07, 6.45) is 6.47. The summed E-state index contributed by atoms with van der Waals surface area (Å²) in [6, 6.07) is 3.42. The maximum atomic E-state index is 12.7. The Hall–Kier alpha value is -2.76. The molecular weight excluding hydrogens is 266 g/mol. The molecule has 6 nitrogen and oxygen atoms in total. The highest BCUT2D eigenvalue weighted by Crippen LogP contribution is 2.24. The first-order valence-corrected chi connectivity index (χ1v) is 6.64. The molecule has 6 heteroatoms. The van der Waals surface area contributed by atoms with Crippen LogP contribution < -0.4 is 5.73 Å². The smallest absolute Gasteiger partial charge is 0.213 e. The van der Waals surface area contributed by atoms with Crippen LogP contribution in [0, 0.1) is 0 Å². The third-order valence-electron chi connectivity index (χ3n) is 3.31. The number of carbonyl (C=O) groups is 1. The summed E-state index contributed by atoms with van der Waals surface area (Å²) in [5, 5.41) is 0.723. The molecule has 0 amide bonds. The van der Waals surface area contributed by atoms with Crippen molar-refractivity contribution in [3.8, 4) is 0 Å². The van der Waals surface area contributed by atoms with Gasteiger partial charge in [0.1, 0.15) is 17.7 Å². The number of aromatic nitrogens is 4. The van der Waals surface area contributed by atoms with Crippen molar-refractivity contribution in [3.63, 3.8) is 0 Å². The number of fused-ring (bicyclic) bond motifs is 1. The lowest BCUT2D eigenvalue weighted by atomic mass is 10.1. The molecule has 3 rings (SSSR count). The highest BCUT2D eigenvalue weighted by atomic mass is 16.1. The molecule has 21 heavy (non-hydrogen) atoms. The summed E-state index contributed by atoms with van der Waals surface area (Å²) < 4.78 is 1.95. The van der Waals surface area contributed by atoms with Crippen molar-refractivity contribution in [3.05, 3.63) is 48.3 Å². The van der Waals surface area contributed by atoms with E-state index in [0.717, 1.165) is 11.0 Å². The van der Waals surface area contributed by atoms with Crippen LogP contribution in [0.3, 0.4) is 0 Å². The highest BCUT2D eigenvalue weighted by molar-refractivity contribution is 6.15. The van der Waals surface area contributed by atoms with Crippen molar-refractivity contribution in [2.24, 2.45) is 0 Å². The van der Waals surface area contributed by atoms with Gasteiger partial charge in [-0.25, -0.2) is 9.97 Å². The Morgan fingerprint density at radius 3 is 2.86 bits per heavy atom. The lowest BCUT2D eigenvalue weighted by Crippen LogP contribution is -2.04. The average Bonchev–Trinajstić information content (AvgIpc) is 2.86. The van der Waals surface area contributed by atoms with Gasteiger partial charge in [0.15, 0.2) is 0 Å². The van der Waals surface area contributed by atoms with E-state index in [1.807, 2.05) is 18.4 Å². The lowest BCUT2D eigenvalue weighted by molar-refractivity contribution is 0.103. The molecule has 0 unspecified atom stereocenters. The molecule has 2 N–H and O–H groups in total. The standard InChI is InChI=1S/C15H15N5O/c1-9(2)20-7-12(11-6-17-8-19-15(11)20)14(21)13-5-10(16)3-4-18-13/h3-9H,1-2H3,(H2,16,18). The first-order chi connectivity index (χ1) is 10.1. The number of rotatable bonds is 3. The van der Waals surface area contributed by atoms with Gasteiger partial charge in [-0.1, -0.05) is 0 Å². The Bertz CT molecular complexity index is 822. The van der Waals surface area contributed by atoms with Crippen molar-refractivity contribution >= 4 is 22.5 Å². The van der Waals surface area contributed by atoms with Crippen molar-refractivity contribution in [2.75, 3.05) is 5.73 Å².